The molecule has 110 valence electrons. The minimum atomic E-state index is -0.511. The molecule has 0 spiro atoms. The Labute approximate surface area is 118 Å². The number of rotatable bonds is 3. The van der Waals surface area contributed by atoms with Crippen molar-refractivity contribution in [3.05, 3.63) is 32.6 Å². The summed E-state index contributed by atoms with van der Waals surface area (Å²) in [5.41, 5.74) is 9.53. The summed E-state index contributed by atoms with van der Waals surface area (Å²) in [4.78, 5) is 22.6. The Morgan fingerprint density at radius 1 is 0.955 bits per heavy atom. The molecule has 0 bridgehead atoms. The minimum absolute atomic E-state index is 0.0940. The normalized spacial score (nSPS) is 11.9. The van der Waals surface area contributed by atoms with E-state index >= 15 is 0 Å². The summed E-state index contributed by atoms with van der Waals surface area (Å²) in [5, 5.41) is 28.3. The molecule has 0 saturated carbocycles. The van der Waals surface area contributed by atoms with Gasteiger partial charge in [0.05, 0.1) is 0 Å². The molecule has 6 N–H and O–H groups in total. The summed E-state index contributed by atoms with van der Waals surface area (Å²) >= 11 is 0. The number of H-pyrrole nitrogens is 2. The molecule has 0 aromatic carbocycles. The van der Waals surface area contributed by atoms with Gasteiger partial charge in [-0.05, 0) is 9.81 Å². The fourth-order valence-corrected chi connectivity index (χ4v) is 1.34. The van der Waals surface area contributed by atoms with Crippen molar-refractivity contribution in [2.75, 3.05) is 0 Å². The number of amidine groups is 2. The molecular formula is C8H6N10O4+2. The molecule has 0 aliphatic carbocycles. The molecule has 0 unspecified atom stereocenters. The third-order valence-corrected chi connectivity index (χ3v) is 2.27. The van der Waals surface area contributed by atoms with Crippen molar-refractivity contribution in [1.29, 1.82) is 10.5 Å². The van der Waals surface area contributed by atoms with Crippen LogP contribution in [0.25, 0.3) is 0 Å². The van der Waals surface area contributed by atoms with Crippen LogP contribution in [0.5, 0.6) is 0 Å². The summed E-state index contributed by atoms with van der Waals surface area (Å²) in [7, 11) is 0. The smallest absolute Gasteiger partial charge is 0.326 e. The van der Waals surface area contributed by atoms with Gasteiger partial charge in [0.2, 0.25) is 11.7 Å². The molecule has 0 aliphatic rings. The number of nitriles is 2. The standard InChI is InChI=1S/C8H6N10O4/c9-1-3-5(17(19)21-15-3)7(11)13-14-8(12)6-4(2-10)16-22-18(6)20/h15-16H,(H2,11,13)(H2,12,14)/q+2. The van der Waals surface area contributed by atoms with Crippen LogP contribution in [0.1, 0.15) is 22.8 Å². The highest BCUT2D eigenvalue weighted by atomic mass is 16.7. The molecule has 14 heteroatoms. The van der Waals surface area contributed by atoms with E-state index in [1.165, 1.54) is 0 Å². The third kappa shape index (κ3) is 2.30. The van der Waals surface area contributed by atoms with Gasteiger partial charge in [0.15, 0.2) is 21.3 Å². The summed E-state index contributed by atoms with van der Waals surface area (Å²) in [6.45, 7) is 0. The van der Waals surface area contributed by atoms with Gasteiger partial charge >= 0.3 is 11.4 Å². The molecule has 14 nitrogen and oxygen atoms in total. The quantitative estimate of drug-likeness (QED) is 0.261. The van der Waals surface area contributed by atoms with Crippen LogP contribution < -0.4 is 20.7 Å². The highest BCUT2D eigenvalue weighted by molar-refractivity contribution is 5.98. The van der Waals surface area contributed by atoms with E-state index in [9.17, 15) is 9.81 Å². The van der Waals surface area contributed by atoms with Crippen molar-refractivity contribution in [3.63, 3.8) is 0 Å². The van der Waals surface area contributed by atoms with Crippen LogP contribution in [-0.2, 0) is 0 Å². The van der Waals surface area contributed by atoms with Gasteiger partial charge in [-0.15, -0.1) is 10.2 Å². The van der Waals surface area contributed by atoms with Crippen molar-refractivity contribution in [3.8, 4) is 12.1 Å². The third-order valence-electron chi connectivity index (χ3n) is 2.27. The lowest BCUT2D eigenvalue weighted by Crippen LogP contribution is -2.29. The minimum Gasteiger partial charge on any atom is -0.378 e. The lowest BCUT2D eigenvalue weighted by atomic mass is 10.3. The lowest BCUT2D eigenvalue weighted by Gasteiger charge is -1.88. The first-order chi connectivity index (χ1) is 10.5. The summed E-state index contributed by atoms with van der Waals surface area (Å²) in [6, 6.07) is 3.22. The molecule has 0 fully saturated rings. The van der Waals surface area contributed by atoms with E-state index in [0.717, 1.165) is 0 Å². The molecule has 2 aromatic heterocycles. The Balaban J connectivity index is 2.46. The molecule has 2 aromatic rings. The number of hydrogen-bond donors (Lipinski definition) is 4. The summed E-state index contributed by atoms with van der Waals surface area (Å²) in [5.74, 6) is -1.02. The molecule has 0 aliphatic heterocycles. The molecule has 0 saturated heterocycles. The van der Waals surface area contributed by atoms with E-state index in [0.29, 0.717) is 0 Å². The maximum atomic E-state index is 11.3. The van der Waals surface area contributed by atoms with Crippen molar-refractivity contribution in [2.45, 2.75) is 0 Å². The highest BCUT2D eigenvalue weighted by Crippen LogP contribution is 2.00. The monoisotopic (exact) mass is 306 g/mol. The second-order valence-electron chi connectivity index (χ2n) is 3.54. The largest absolute Gasteiger partial charge is 0.378 e. The number of hydrogen-bond acceptors (Lipinski definition) is 8. The Kier molecular flexibility index (Phi) is 3.51. The van der Waals surface area contributed by atoms with E-state index in [1.807, 2.05) is 10.3 Å². The van der Waals surface area contributed by atoms with E-state index < -0.39 is 23.1 Å². The Hall–Kier alpha value is -4.20. The predicted molar refractivity (Wildman–Crippen MR) is 63.7 cm³/mol. The van der Waals surface area contributed by atoms with Crippen LogP contribution in [0, 0.1) is 32.5 Å². The number of aromatic amines is 2. The number of nitrogens with two attached hydrogens (primary N) is 2. The first kappa shape index (κ1) is 14.2. The fraction of sp³-hybridized carbons (Fsp3) is 0. The molecule has 2 rings (SSSR count). The van der Waals surface area contributed by atoms with Crippen molar-refractivity contribution < 1.29 is 18.5 Å². The first-order valence-electron chi connectivity index (χ1n) is 5.26. The van der Waals surface area contributed by atoms with Gasteiger partial charge in [0, 0.05) is 0 Å². The van der Waals surface area contributed by atoms with Crippen molar-refractivity contribution >= 4 is 11.7 Å². The van der Waals surface area contributed by atoms with E-state index in [4.69, 9.17) is 22.0 Å². The summed E-state index contributed by atoms with van der Waals surface area (Å²) < 4.78 is 8.41. The zero-order valence-corrected chi connectivity index (χ0v) is 10.5. The zero-order chi connectivity index (χ0) is 16.3. The van der Waals surface area contributed by atoms with Gasteiger partial charge in [-0.2, -0.15) is 10.5 Å². The molecular weight excluding hydrogens is 300 g/mol. The van der Waals surface area contributed by atoms with E-state index in [-0.39, 0.29) is 20.6 Å². The second kappa shape index (κ2) is 5.43. The van der Waals surface area contributed by atoms with Crippen LogP contribution in [0.4, 0.5) is 0 Å². The average molecular weight is 306 g/mol. The van der Waals surface area contributed by atoms with Crippen LogP contribution in [-0.4, -0.2) is 22.0 Å². The average Bonchev–Trinajstić information content (AvgIpc) is 3.06. The Bertz CT molecular complexity index is 890. The predicted octanol–water partition coefficient (Wildman–Crippen LogP) is -2.87. The van der Waals surface area contributed by atoms with Crippen LogP contribution >= 0.6 is 0 Å². The number of nitrogens with one attached hydrogen (secondary N) is 2. The van der Waals surface area contributed by atoms with E-state index in [2.05, 4.69) is 19.5 Å². The zero-order valence-electron chi connectivity index (χ0n) is 10.5. The summed E-state index contributed by atoms with van der Waals surface area (Å²) in [6.07, 6.45) is 0. The molecule has 0 radical (unpaired) electrons. The second-order valence-corrected chi connectivity index (χ2v) is 3.54. The van der Waals surface area contributed by atoms with Gasteiger partial charge in [0.25, 0.3) is 11.4 Å². The molecule has 0 amide bonds. The van der Waals surface area contributed by atoms with Gasteiger partial charge < -0.3 is 11.5 Å². The maximum Gasteiger partial charge on any atom is 0.326 e. The van der Waals surface area contributed by atoms with Gasteiger partial charge in [-0.25, -0.2) is 0 Å². The fourth-order valence-electron chi connectivity index (χ4n) is 1.34. The first-order valence-corrected chi connectivity index (χ1v) is 5.26. The van der Waals surface area contributed by atoms with Crippen LogP contribution in [0.15, 0.2) is 19.5 Å². The van der Waals surface area contributed by atoms with Crippen LogP contribution in [0.2, 0.25) is 0 Å². The lowest BCUT2D eigenvalue weighted by molar-refractivity contribution is -0.714. The van der Waals surface area contributed by atoms with E-state index in [1.54, 1.807) is 12.1 Å². The van der Waals surface area contributed by atoms with Crippen molar-refractivity contribution in [2.24, 2.45) is 21.7 Å². The maximum absolute atomic E-state index is 11.3. The van der Waals surface area contributed by atoms with Gasteiger partial charge in [0.1, 0.15) is 0 Å². The molecule has 22 heavy (non-hydrogen) atoms. The molecule has 2 heterocycles. The number of nitrogens with zero attached hydrogens (tertiary/aromatic N) is 6. The highest BCUT2D eigenvalue weighted by Gasteiger charge is 2.26. The number of aromatic nitrogens is 4. The SMILES string of the molecule is N#Cc1[nH]o[n+](=O)c1/C(N)=N/N=C(\N)c1c(C#N)[nH]o[n+]1=O. The van der Waals surface area contributed by atoms with Crippen LogP contribution in [0.3, 0.4) is 0 Å². The topological polar surface area (TPSA) is 228 Å². The Morgan fingerprint density at radius 3 is 1.64 bits per heavy atom. The van der Waals surface area contributed by atoms with Gasteiger partial charge in [-0.1, -0.05) is 19.6 Å². The Morgan fingerprint density at radius 2 is 1.32 bits per heavy atom. The van der Waals surface area contributed by atoms with Gasteiger partial charge in [-0.3, -0.25) is 0 Å². The molecule has 0 atom stereocenters. The van der Waals surface area contributed by atoms with Crippen molar-refractivity contribution in [1.82, 2.24) is 10.3 Å².